The van der Waals surface area contributed by atoms with Crippen molar-refractivity contribution in [1.82, 2.24) is 4.98 Å². The average Bonchev–Trinajstić information content (AvgIpc) is 2.78. The first-order valence-corrected chi connectivity index (χ1v) is 13.2. The highest BCUT2D eigenvalue weighted by Gasteiger charge is 2.16. The molecular formula is C22H38N5O2P. The predicted molar refractivity (Wildman–Crippen MR) is 125 cm³/mol. The molecule has 0 aliphatic rings. The van der Waals surface area contributed by atoms with E-state index >= 15 is 0 Å². The summed E-state index contributed by atoms with van der Waals surface area (Å²) in [6.07, 6.45) is 17.0. The Hall–Kier alpha value is -1.90. The Morgan fingerprint density at radius 3 is 2.13 bits per heavy atom. The minimum absolute atomic E-state index is 0.224. The molecule has 0 aliphatic carbocycles. The summed E-state index contributed by atoms with van der Waals surface area (Å²) in [5.41, 5.74) is 6.61. The van der Waals surface area contributed by atoms with Gasteiger partial charge in [0.05, 0.1) is 12.3 Å². The lowest BCUT2D eigenvalue weighted by molar-refractivity contribution is 0.302. The first-order valence-electron chi connectivity index (χ1n) is 11.2. The van der Waals surface area contributed by atoms with Crippen molar-refractivity contribution in [2.75, 3.05) is 30.4 Å². The molecule has 0 fully saturated rings. The molecule has 1 aromatic heterocycles. The molecule has 168 valence electrons. The minimum Gasteiger partial charge on any atom is -0.369 e. The SMILES string of the molecule is CCP(=O)(CC)OCCCCCCCCCCCN=C(N)N(C#N)c1ccncc1. The smallest absolute Gasteiger partial charge is 0.209 e. The molecule has 30 heavy (non-hydrogen) atoms. The van der Waals surface area contributed by atoms with Crippen LogP contribution in [0.3, 0.4) is 0 Å². The minimum atomic E-state index is -2.33. The summed E-state index contributed by atoms with van der Waals surface area (Å²) < 4.78 is 17.7. The van der Waals surface area contributed by atoms with Crippen molar-refractivity contribution in [3.63, 3.8) is 0 Å². The normalized spacial score (nSPS) is 12.0. The molecule has 0 aliphatic heterocycles. The lowest BCUT2D eigenvalue weighted by atomic mass is 10.1. The highest BCUT2D eigenvalue weighted by molar-refractivity contribution is 7.58. The third-order valence-electron chi connectivity index (χ3n) is 5.12. The number of aromatic nitrogens is 1. The third kappa shape index (κ3) is 10.8. The molecule has 0 aromatic carbocycles. The fourth-order valence-electron chi connectivity index (χ4n) is 3.09. The van der Waals surface area contributed by atoms with Gasteiger partial charge in [0.1, 0.15) is 0 Å². The van der Waals surface area contributed by atoms with Gasteiger partial charge in [-0.25, -0.2) is 4.90 Å². The zero-order valence-electron chi connectivity index (χ0n) is 18.6. The summed E-state index contributed by atoms with van der Waals surface area (Å²) in [5, 5.41) is 9.27. The van der Waals surface area contributed by atoms with Crippen LogP contribution < -0.4 is 10.6 Å². The van der Waals surface area contributed by atoms with E-state index in [0.29, 0.717) is 31.2 Å². The molecule has 0 bridgehead atoms. The van der Waals surface area contributed by atoms with Gasteiger partial charge in [-0.05, 0) is 25.0 Å². The molecule has 7 nitrogen and oxygen atoms in total. The van der Waals surface area contributed by atoms with Crippen LogP contribution in [0.2, 0.25) is 0 Å². The zero-order valence-corrected chi connectivity index (χ0v) is 19.5. The molecule has 0 unspecified atom stereocenters. The number of nitrogens with zero attached hydrogens (tertiary/aromatic N) is 4. The fraction of sp³-hybridized carbons (Fsp3) is 0.682. The van der Waals surface area contributed by atoms with Crippen molar-refractivity contribution in [1.29, 1.82) is 5.26 Å². The number of pyridine rings is 1. The van der Waals surface area contributed by atoms with Crippen molar-refractivity contribution in [2.45, 2.75) is 71.6 Å². The Morgan fingerprint density at radius 2 is 1.60 bits per heavy atom. The number of unbranched alkanes of at least 4 members (excludes halogenated alkanes) is 8. The van der Waals surface area contributed by atoms with Crippen LogP contribution in [0.5, 0.6) is 0 Å². The maximum atomic E-state index is 12.1. The number of hydrogen-bond acceptors (Lipinski definition) is 5. The summed E-state index contributed by atoms with van der Waals surface area (Å²) in [6.45, 7) is 5.14. The van der Waals surface area contributed by atoms with Crippen molar-refractivity contribution in [3.05, 3.63) is 24.5 Å². The van der Waals surface area contributed by atoms with Crippen molar-refractivity contribution in [2.24, 2.45) is 10.7 Å². The van der Waals surface area contributed by atoms with Gasteiger partial charge < -0.3 is 10.3 Å². The predicted octanol–water partition coefficient (Wildman–Crippen LogP) is 5.53. The zero-order chi connectivity index (χ0) is 22.1. The Bertz CT molecular complexity index is 683. The summed E-state index contributed by atoms with van der Waals surface area (Å²) in [7, 11) is -2.33. The Balaban J connectivity index is 2.01. The quantitative estimate of drug-likeness (QED) is 0.0914. The third-order valence-corrected chi connectivity index (χ3v) is 7.70. The van der Waals surface area contributed by atoms with Crippen LogP contribution in [0.25, 0.3) is 0 Å². The van der Waals surface area contributed by atoms with Crippen LogP contribution in [-0.4, -0.2) is 36.4 Å². The van der Waals surface area contributed by atoms with E-state index in [0.717, 1.165) is 25.7 Å². The molecule has 0 saturated heterocycles. The van der Waals surface area contributed by atoms with Crippen molar-refractivity contribution in [3.8, 4) is 6.19 Å². The van der Waals surface area contributed by atoms with Gasteiger partial charge in [0, 0.05) is 31.3 Å². The standard InChI is InChI=1S/C22H38N5O2P/c1-3-30(28,4-2)29-19-13-11-9-7-5-6-8-10-12-16-26-22(24)27(20-23)21-14-17-25-18-15-21/h14-15,17-18H,3-13,16,19H2,1-2H3,(H2,24,26). The Morgan fingerprint density at radius 1 is 1.07 bits per heavy atom. The van der Waals surface area contributed by atoms with Crippen LogP contribution in [0.15, 0.2) is 29.5 Å². The van der Waals surface area contributed by atoms with Gasteiger partial charge in [0.25, 0.3) is 0 Å². The maximum Gasteiger partial charge on any atom is 0.209 e. The van der Waals surface area contributed by atoms with Crippen LogP contribution in [0.1, 0.15) is 71.6 Å². The van der Waals surface area contributed by atoms with Crippen molar-refractivity contribution < 1.29 is 9.09 Å². The van der Waals surface area contributed by atoms with E-state index in [1.54, 1.807) is 24.5 Å². The Kier molecular flexibility index (Phi) is 13.8. The second kappa shape index (κ2) is 15.9. The lowest BCUT2D eigenvalue weighted by Gasteiger charge is -2.14. The van der Waals surface area contributed by atoms with E-state index in [9.17, 15) is 9.83 Å². The van der Waals surface area contributed by atoms with E-state index in [1.807, 2.05) is 13.8 Å². The number of anilines is 1. The van der Waals surface area contributed by atoms with Crippen molar-refractivity contribution >= 4 is 19.0 Å². The second-order valence-corrected chi connectivity index (χ2v) is 10.5. The summed E-state index contributed by atoms with van der Waals surface area (Å²) in [4.78, 5) is 9.58. The maximum absolute atomic E-state index is 12.1. The Labute approximate surface area is 182 Å². The number of nitrogens with two attached hydrogens (primary N) is 1. The first kappa shape index (κ1) is 26.1. The number of hydrogen-bond donors (Lipinski definition) is 1. The topological polar surface area (TPSA) is 105 Å². The molecule has 1 rings (SSSR count). The molecule has 0 radical (unpaired) electrons. The van der Waals surface area contributed by atoms with E-state index in [2.05, 4.69) is 16.2 Å². The highest BCUT2D eigenvalue weighted by Crippen LogP contribution is 2.45. The highest BCUT2D eigenvalue weighted by atomic mass is 31.2. The number of rotatable bonds is 16. The molecule has 2 N–H and O–H groups in total. The fourth-order valence-corrected chi connectivity index (χ4v) is 4.36. The molecule has 8 heteroatoms. The molecule has 1 aromatic rings. The molecule has 0 amide bonds. The van der Waals surface area contributed by atoms with Gasteiger partial charge in [-0.2, -0.15) is 5.26 Å². The molecule has 1 heterocycles. The largest absolute Gasteiger partial charge is 0.369 e. The van der Waals surface area contributed by atoms with E-state index in [-0.39, 0.29) is 5.96 Å². The van der Waals surface area contributed by atoms with Gasteiger partial charge in [0.2, 0.25) is 13.3 Å². The van der Waals surface area contributed by atoms with Gasteiger partial charge in [0.15, 0.2) is 6.19 Å². The second-order valence-electron chi connectivity index (χ2n) is 7.34. The molecule has 0 atom stereocenters. The lowest BCUT2D eigenvalue weighted by Crippen LogP contribution is -2.33. The van der Waals surface area contributed by atoms with Gasteiger partial charge in [-0.3, -0.25) is 14.5 Å². The molecular weight excluding hydrogens is 397 g/mol. The molecule has 0 spiro atoms. The van der Waals surface area contributed by atoms with Crippen LogP contribution in [0, 0.1) is 11.5 Å². The number of aliphatic imine (C=N–C) groups is 1. The van der Waals surface area contributed by atoms with Gasteiger partial charge >= 0.3 is 0 Å². The van der Waals surface area contributed by atoms with E-state index in [1.165, 1.54) is 37.0 Å². The average molecular weight is 436 g/mol. The van der Waals surface area contributed by atoms with Gasteiger partial charge in [-0.15, -0.1) is 0 Å². The summed E-state index contributed by atoms with van der Waals surface area (Å²) in [6, 6.07) is 3.46. The number of guanidine groups is 1. The first-order chi connectivity index (χ1) is 14.6. The van der Waals surface area contributed by atoms with Crippen LogP contribution in [-0.2, 0) is 9.09 Å². The van der Waals surface area contributed by atoms with Gasteiger partial charge in [-0.1, -0.05) is 58.8 Å². The van der Waals surface area contributed by atoms with Crippen LogP contribution in [0.4, 0.5) is 5.69 Å². The van der Waals surface area contributed by atoms with Crippen LogP contribution >= 0.6 is 7.37 Å². The van der Waals surface area contributed by atoms with E-state index < -0.39 is 7.37 Å². The van der Waals surface area contributed by atoms with E-state index in [4.69, 9.17) is 10.3 Å². The number of nitriles is 1. The summed E-state index contributed by atoms with van der Waals surface area (Å²) in [5.74, 6) is 0.224. The summed E-state index contributed by atoms with van der Waals surface area (Å²) >= 11 is 0. The monoisotopic (exact) mass is 435 g/mol. The molecule has 0 saturated carbocycles.